The van der Waals surface area contributed by atoms with E-state index in [0.717, 1.165) is 21.8 Å². The highest BCUT2D eigenvalue weighted by Gasteiger charge is 2.15. The largest absolute Gasteiger partial charge is 0.497 e. The van der Waals surface area contributed by atoms with Crippen LogP contribution in [-0.2, 0) is 17.9 Å². The topological polar surface area (TPSA) is 73.2 Å². The van der Waals surface area contributed by atoms with Gasteiger partial charge in [0.05, 0.1) is 18.4 Å². The zero-order valence-corrected chi connectivity index (χ0v) is 19.5. The molecule has 32 heavy (non-hydrogen) atoms. The van der Waals surface area contributed by atoms with Gasteiger partial charge in [-0.3, -0.25) is 14.2 Å². The molecule has 4 rings (SSSR count). The Hall–Kier alpha value is -3.10. The number of aromatic nitrogens is 2. The van der Waals surface area contributed by atoms with Gasteiger partial charge in [-0.05, 0) is 36.2 Å². The van der Waals surface area contributed by atoms with Crippen LogP contribution in [0.1, 0.15) is 12.5 Å². The number of nitrogens with one attached hydrogen (secondary N) is 1. The van der Waals surface area contributed by atoms with Gasteiger partial charge in [0.25, 0.3) is 5.56 Å². The Kier molecular flexibility index (Phi) is 6.92. The minimum absolute atomic E-state index is 0.0641. The van der Waals surface area contributed by atoms with E-state index >= 15 is 0 Å². The molecule has 0 aliphatic rings. The van der Waals surface area contributed by atoms with Gasteiger partial charge in [-0.1, -0.05) is 54.2 Å². The van der Waals surface area contributed by atoms with Crippen LogP contribution in [0.5, 0.6) is 5.75 Å². The van der Waals surface area contributed by atoms with Gasteiger partial charge in [-0.2, -0.15) is 0 Å². The maximum absolute atomic E-state index is 13.0. The number of amides is 1. The van der Waals surface area contributed by atoms with E-state index in [1.165, 1.54) is 23.1 Å². The second kappa shape index (κ2) is 10.0. The van der Waals surface area contributed by atoms with Gasteiger partial charge < -0.3 is 10.1 Å². The van der Waals surface area contributed by atoms with Crippen molar-refractivity contribution in [1.82, 2.24) is 14.9 Å². The zero-order chi connectivity index (χ0) is 22.5. The molecule has 0 radical (unpaired) electrons. The van der Waals surface area contributed by atoms with Gasteiger partial charge in [0.1, 0.15) is 10.4 Å². The van der Waals surface area contributed by atoms with E-state index in [1.807, 2.05) is 67.6 Å². The van der Waals surface area contributed by atoms with Crippen LogP contribution in [0.2, 0.25) is 0 Å². The molecule has 0 aliphatic carbocycles. The number of methoxy groups -OCH3 is 1. The molecule has 0 bridgehead atoms. The van der Waals surface area contributed by atoms with Crippen molar-refractivity contribution in [3.63, 3.8) is 0 Å². The summed E-state index contributed by atoms with van der Waals surface area (Å²) in [5, 5.41) is 3.47. The van der Waals surface area contributed by atoms with Gasteiger partial charge in [-0.25, -0.2) is 4.98 Å². The average Bonchev–Trinajstić information content (AvgIpc) is 3.27. The molecule has 0 atom stereocenters. The third-order valence-corrected chi connectivity index (χ3v) is 7.09. The van der Waals surface area contributed by atoms with Gasteiger partial charge in [0, 0.05) is 18.0 Å². The van der Waals surface area contributed by atoms with Gasteiger partial charge in [0.15, 0.2) is 5.16 Å². The Labute approximate surface area is 194 Å². The summed E-state index contributed by atoms with van der Waals surface area (Å²) in [7, 11) is 1.62. The number of carbonyl (C=O) groups excluding carboxylic acids is 1. The number of ether oxygens (including phenoxy) is 1. The number of nitrogens with zero attached hydrogens (tertiary/aromatic N) is 2. The molecule has 0 unspecified atom stereocenters. The van der Waals surface area contributed by atoms with Crippen LogP contribution in [0, 0.1) is 0 Å². The summed E-state index contributed by atoms with van der Waals surface area (Å²) >= 11 is 2.73. The van der Waals surface area contributed by atoms with E-state index in [0.29, 0.717) is 28.5 Å². The predicted molar refractivity (Wildman–Crippen MR) is 131 cm³/mol. The first-order valence-corrected chi connectivity index (χ1v) is 12.0. The summed E-state index contributed by atoms with van der Waals surface area (Å²) in [5.41, 5.74) is 2.65. The van der Waals surface area contributed by atoms with E-state index in [2.05, 4.69) is 5.32 Å². The fraction of sp³-hybridized carbons (Fsp3) is 0.208. The van der Waals surface area contributed by atoms with Gasteiger partial charge >= 0.3 is 0 Å². The van der Waals surface area contributed by atoms with Crippen molar-refractivity contribution in [1.29, 1.82) is 0 Å². The number of rotatable bonds is 8. The molecule has 1 amide bonds. The van der Waals surface area contributed by atoms with Crippen molar-refractivity contribution in [3.8, 4) is 16.2 Å². The molecule has 0 aliphatic heterocycles. The highest BCUT2D eigenvalue weighted by molar-refractivity contribution is 7.99. The molecule has 0 fully saturated rings. The fourth-order valence-electron chi connectivity index (χ4n) is 3.25. The molecule has 1 N–H and O–H groups in total. The van der Waals surface area contributed by atoms with Crippen LogP contribution in [0.4, 0.5) is 0 Å². The fourth-order valence-corrected chi connectivity index (χ4v) is 5.19. The number of hydrogen-bond donors (Lipinski definition) is 1. The number of benzene rings is 2. The maximum atomic E-state index is 13.0. The molecule has 2 aromatic carbocycles. The van der Waals surface area contributed by atoms with Crippen molar-refractivity contribution in [3.05, 3.63) is 76.6 Å². The quantitative estimate of drug-likeness (QED) is 0.305. The first kappa shape index (κ1) is 22.1. The summed E-state index contributed by atoms with van der Waals surface area (Å²) in [4.78, 5) is 31.1. The van der Waals surface area contributed by atoms with Crippen molar-refractivity contribution in [2.24, 2.45) is 0 Å². The molecule has 2 aromatic heterocycles. The standard InChI is InChI=1S/C24H23N3O3S2/c1-3-27-23(29)22-19(13-20(32-22)17-7-5-4-6-8-17)26-24(27)31-15-21(28)25-14-16-9-11-18(30-2)12-10-16/h4-13H,3,14-15H2,1-2H3,(H,25,28). The Bertz CT molecular complexity index is 1280. The third kappa shape index (κ3) is 4.87. The minimum atomic E-state index is -0.113. The van der Waals surface area contributed by atoms with E-state index in [4.69, 9.17) is 9.72 Å². The number of thiophene rings is 1. The van der Waals surface area contributed by atoms with Crippen LogP contribution in [-0.4, -0.2) is 28.3 Å². The monoisotopic (exact) mass is 465 g/mol. The molecule has 8 heteroatoms. The summed E-state index contributed by atoms with van der Waals surface area (Å²) < 4.78 is 7.42. The van der Waals surface area contributed by atoms with Crippen molar-refractivity contribution >= 4 is 39.2 Å². The number of fused-ring (bicyclic) bond motifs is 1. The first-order valence-electron chi connectivity index (χ1n) is 10.2. The maximum Gasteiger partial charge on any atom is 0.272 e. The number of carbonyl (C=O) groups is 1. The highest BCUT2D eigenvalue weighted by atomic mass is 32.2. The Morgan fingerprint density at radius 2 is 1.91 bits per heavy atom. The van der Waals surface area contributed by atoms with Crippen LogP contribution in [0.3, 0.4) is 0 Å². The first-order chi connectivity index (χ1) is 15.6. The highest BCUT2D eigenvalue weighted by Crippen LogP contribution is 2.31. The summed E-state index contributed by atoms with van der Waals surface area (Å²) in [5.74, 6) is 0.848. The lowest BCUT2D eigenvalue weighted by atomic mass is 10.2. The predicted octanol–water partition coefficient (Wildman–Crippen LogP) is 4.56. The second-order valence-corrected chi connectivity index (χ2v) is 9.04. The van der Waals surface area contributed by atoms with Crippen LogP contribution >= 0.6 is 23.1 Å². The summed E-state index contributed by atoms with van der Waals surface area (Å²) in [6, 6.07) is 19.5. The molecule has 164 valence electrons. The summed E-state index contributed by atoms with van der Waals surface area (Å²) in [6.07, 6.45) is 0. The zero-order valence-electron chi connectivity index (χ0n) is 17.8. The molecular formula is C24H23N3O3S2. The molecule has 4 aromatic rings. The van der Waals surface area contributed by atoms with E-state index in [-0.39, 0.29) is 17.2 Å². The SMILES string of the molecule is CCn1c(SCC(=O)NCc2ccc(OC)cc2)nc2cc(-c3ccccc3)sc2c1=O. The van der Waals surface area contributed by atoms with Gasteiger partial charge in [-0.15, -0.1) is 11.3 Å². The Morgan fingerprint density at radius 3 is 2.59 bits per heavy atom. The Morgan fingerprint density at radius 1 is 1.16 bits per heavy atom. The van der Waals surface area contributed by atoms with Crippen LogP contribution in [0.15, 0.2) is 70.6 Å². The number of hydrogen-bond acceptors (Lipinski definition) is 6. The number of thioether (sulfide) groups is 1. The lowest BCUT2D eigenvalue weighted by molar-refractivity contribution is -0.118. The molecule has 0 saturated heterocycles. The lowest BCUT2D eigenvalue weighted by Gasteiger charge is -2.10. The van der Waals surface area contributed by atoms with E-state index < -0.39 is 0 Å². The lowest BCUT2D eigenvalue weighted by Crippen LogP contribution is -2.26. The molecule has 0 spiro atoms. The van der Waals surface area contributed by atoms with Crippen molar-refractivity contribution < 1.29 is 9.53 Å². The summed E-state index contributed by atoms with van der Waals surface area (Å²) in [6.45, 7) is 2.84. The average molecular weight is 466 g/mol. The smallest absolute Gasteiger partial charge is 0.272 e. The van der Waals surface area contributed by atoms with E-state index in [1.54, 1.807) is 11.7 Å². The van der Waals surface area contributed by atoms with Crippen molar-refractivity contribution in [2.45, 2.75) is 25.2 Å². The third-order valence-electron chi connectivity index (χ3n) is 4.95. The molecular weight excluding hydrogens is 442 g/mol. The molecule has 0 saturated carbocycles. The molecule has 6 nitrogen and oxygen atoms in total. The van der Waals surface area contributed by atoms with Crippen LogP contribution in [0.25, 0.3) is 20.7 Å². The second-order valence-electron chi connectivity index (χ2n) is 7.05. The van der Waals surface area contributed by atoms with E-state index in [9.17, 15) is 9.59 Å². The minimum Gasteiger partial charge on any atom is -0.497 e. The normalized spacial score (nSPS) is 10.9. The van der Waals surface area contributed by atoms with Crippen molar-refractivity contribution in [2.75, 3.05) is 12.9 Å². The van der Waals surface area contributed by atoms with Crippen LogP contribution < -0.4 is 15.6 Å². The molecule has 2 heterocycles. The van der Waals surface area contributed by atoms with Gasteiger partial charge in [0.2, 0.25) is 5.91 Å². The Balaban J connectivity index is 1.48.